The van der Waals surface area contributed by atoms with Crippen molar-refractivity contribution in [1.82, 2.24) is 24.6 Å². The Morgan fingerprint density at radius 2 is 2.04 bits per heavy atom. The van der Waals surface area contributed by atoms with Crippen molar-refractivity contribution in [3.63, 3.8) is 0 Å². The number of hydrogen-bond acceptors (Lipinski definition) is 3. The van der Waals surface area contributed by atoms with Crippen molar-refractivity contribution >= 4 is 5.91 Å². The largest absolute Gasteiger partial charge is 0.367 e. The molecular formula is C17H17N5O. The first kappa shape index (κ1) is 13.8. The number of nitrogens with one attached hydrogen (secondary N) is 1. The summed E-state index contributed by atoms with van der Waals surface area (Å²) < 4.78 is 1.91. The number of H-pyrrole nitrogens is 1. The minimum Gasteiger partial charge on any atom is -0.367 e. The van der Waals surface area contributed by atoms with E-state index in [0.29, 0.717) is 24.5 Å². The molecule has 1 aliphatic heterocycles. The van der Waals surface area contributed by atoms with E-state index in [0.717, 1.165) is 11.4 Å². The van der Waals surface area contributed by atoms with Gasteiger partial charge >= 0.3 is 0 Å². The average Bonchev–Trinajstić information content (AvgIpc) is 3.25. The maximum absolute atomic E-state index is 12.6. The van der Waals surface area contributed by atoms with Crippen molar-refractivity contribution in [2.24, 2.45) is 0 Å². The maximum atomic E-state index is 12.6. The Labute approximate surface area is 133 Å². The predicted octanol–water partition coefficient (Wildman–Crippen LogP) is 2.49. The molecule has 0 saturated heterocycles. The first-order valence-corrected chi connectivity index (χ1v) is 7.68. The monoisotopic (exact) mass is 307 g/mol. The molecule has 0 aliphatic carbocycles. The zero-order valence-corrected chi connectivity index (χ0v) is 12.8. The van der Waals surface area contributed by atoms with E-state index in [-0.39, 0.29) is 11.9 Å². The third-order valence-electron chi connectivity index (χ3n) is 4.23. The second kappa shape index (κ2) is 5.39. The summed E-state index contributed by atoms with van der Waals surface area (Å²) in [4.78, 5) is 22.1. The van der Waals surface area contributed by atoms with E-state index in [1.165, 1.54) is 0 Å². The van der Waals surface area contributed by atoms with Crippen LogP contribution in [-0.2, 0) is 6.54 Å². The van der Waals surface area contributed by atoms with Crippen LogP contribution in [-0.4, -0.2) is 37.1 Å². The molecule has 1 amide bonds. The van der Waals surface area contributed by atoms with Gasteiger partial charge in [-0.1, -0.05) is 30.3 Å². The highest BCUT2D eigenvalue weighted by molar-refractivity contribution is 5.94. The fraction of sp³-hybridized carbons (Fsp3) is 0.235. The van der Waals surface area contributed by atoms with E-state index >= 15 is 0 Å². The lowest BCUT2D eigenvalue weighted by atomic mass is 10.1. The predicted molar refractivity (Wildman–Crippen MR) is 85.7 cm³/mol. The van der Waals surface area contributed by atoms with Gasteiger partial charge < -0.3 is 9.88 Å². The first-order valence-electron chi connectivity index (χ1n) is 7.68. The minimum atomic E-state index is -0.101. The van der Waals surface area contributed by atoms with Gasteiger partial charge in [0.25, 0.3) is 5.91 Å². The number of nitrogens with zero attached hydrogens (tertiary/aromatic N) is 4. The summed E-state index contributed by atoms with van der Waals surface area (Å²) >= 11 is 0. The summed E-state index contributed by atoms with van der Waals surface area (Å²) in [6, 6.07) is 11.6. The van der Waals surface area contributed by atoms with Crippen LogP contribution in [0.15, 0.2) is 48.8 Å². The van der Waals surface area contributed by atoms with Gasteiger partial charge in [0.1, 0.15) is 5.82 Å². The standard InChI is InChI=1S/C17H17N5O/c1-12-16-19-15(13-5-3-2-4-6-13)20-22(16)10-9-21(12)17(23)14-7-8-18-11-14/h2-8,11-12,18H,9-10H2,1H3/t12-/m0/s1. The van der Waals surface area contributed by atoms with Gasteiger partial charge in [0.2, 0.25) is 0 Å². The van der Waals surface area contributed by atoms with Crippen LogP contribution in [0.3, 0.4) is 0 Å². The Kier molecular flexibility index (Phi) is 3.22. The van der Waals surface area contributed by atoms with Gasteiger partial charge in [0, 0.05) is 24.5 Å². The van der Waals surface area contributed by atoms with Crippen LogP contribution < -0.4 is 0 Å². The molecule has 0 fully saturated rings. The Morgan fingerprint density at radius 3 is 2.78 bits per heavy atom. The molecule has 2 aromatic heterocycles. The number of benzene rings is 1. The molecule has 23 heavy (non-hydrogen) atoms. The van der Waals surface area contributed by atoms with Crippen LogP contribution in [0.4, 0.5) is 0 Å². The molecule has 3 heterocycles. The lowest BCUT2D eigenvalue weighted by Gasteiger charge is -2.32. The van der Waals surface area contributed by atoms with Crippen LogP contribution >= 0.6 is 0 Å². The van der Waals surface area contributed by atoms with Crippen molar-refractivity contribution in [2.75, 3.05) is 6.54 Å². The van der Waals surface area contributed by atoms with Crippen LogP contribution in [0.2, 0.25) is 0 Å². The molecule has 116 valence electrons. The number of aromatic amines is 1. The summed E-state index contributed by atoms with van der Waals surface area (Å²) in [7, 11) is 0. The SMILES string of the molecule is C[C@H]1c2nc(-c3ccccc3)nn2CCN1C(=O)c1cc[nH]c1. The van der Waals surface area contributed by atoms with E-state index in [1.807, 2.05) is 46.8 Å². The molecule has 0 bridgehead atoms. The Morgan fingerprint density at radius 1 is 1.22 bits per heavy atom. The molecule has 0 unspecified atom stereocenters. The lowest BCUT2D eigenvalue weighted by molar-refractivity contribution is 0.0631. The van der Waals surface area contributed by atoms with E-state index in [9.17, 15) is 4.79 Å². The topological polar surface area (TPSA) is 66.8 Å². The fourth-order valence-corrected chi connectivity index (χ4v) is 2.97. The van der Waals surface area contributed by atoms with Crippen LogP contribution in [0.25, 0.3) is 11.4 Å². The molecular weight excluding hydrogens is 290 g/mol. The highest BCUT2D eigenvalue weighted by Crippen LogP contribution is 2.27. The quantitative estimate of drug-likeness (QED) is 0.791. The first-order chi connectivity index (χ1) is 11.2. The number of aromatic nitrogens is 4. The molecule has 1 atom stereocenters. The van der Waals surface area contributed by atoms with E-state index in [2.05, 4.69) is 15.1 Å². The molecule has 6 heteroatoms. The maximum Gasteiger partial charge on any atom is 0.256 e. The second-order valence-corrected chi connectivity index (χ2v) is 5.66. The van der Waals surface area contributed by atoms with Crippen molar-refractivity contribution in [3.8, 4) is 11.4 Å². The smallest absolute Gasteiger partial charge is 0.256 e. The van der Waals surface area contributed by atoms with Crippen molar-refractivity contribution in [2.45, 2.75) is 19.5 Å². The fourth-order valence-electron chi connectivity index (χ4n) is 2.97. The molecule has 3 aromatic rings. The lowest BCUT2D eigenvalue weighted by Crippen LogP contribution is -2.41. The van der Waals surface area contributed by atoms with E-state index in [1.54, 1.807) is 18.5 Å². The summed E-state index contributed by atoms with van der Waals surface area (Å²) in [5, 5.41) is 4.59. The summed E-state index contributed by atoms with van der Waals surface area (Å²) in [6.45, 7) is 3.30. The number of amides is 1. The molecule has 0 radical (unpaired) electrons. The van der Waals surface area contributed by atoms with Crippen LogP contribution in [0, 0.1) is 0 Å². The summed E-state index contributed by atoms with van der Waals surface area (Å²) in [6.07, 6.45) is 3.49. The molecule has 0 saturated carbocycles. The average molecular weight is 307 g/mol. The van der Waals surface area contributed by atoms with Gasteiger partial charge in [0.15, 0.2) is 5.82 Å². The molecule has 1 aromatic carbocycles. The number of hydrogen-bond donors (Lipinski definition) is 1. The van der Waals surface area contributed by atoms with Gasteiger partial charge in [-0.3, -0.25) is 4.79 Å². The van der Waals surface area contributed by atoms with Gasteiger partial charge in [0.05, 0.1) is 18.2 Å². The zero-order chi connectivity index (χ0) is 15.8. The number of rotatable bonds is 2. The van der Waals surface area contributed by atoms with Gasteiger partial charge in [-0.15, -0.1) is 0 Å². The minimum absolute atomic E-state index is 0.0225. The van der Waals surface area contributed by atoms with Gasteiger partial charge in [-0.25, -0.2) is 9.67 Å². The molecule has 1 aliphatic rings. The number of carbonyl (C=O) groups is 1. The summed E-state index contributed by atoms with van der Waals surface area (Å²) in [5.74, 6) is 1.57. The Hall–Kier alpha value is -2.89. The van der Waals surface area contributed by atoms with E-state index < -0.39 is 0 Å². The highest BCUT2D eigenvalue weighted by atomic mass is 16.2. The molecule has 4 rings (SSSR count). The normalized spacial score (nSPS) is 17.1. The van der Waals surface area contributed by atoms with Gasteiger partial charge in [-0.05, 0) is 13.0 Å². The van der Waals surface area contributed by atoms with Crippen molar-refractivity contribution < 1.29 is 4.79 Å². The Balaban J connectivity index is 1.65. The molecule has 1 N–H and O–H groups in total. The van der Waals surface area contributed by atoms with Crippen molar-refractivity contribution in [3.05, 3.63) is 60.2 Å². The van der Waals surface area contributed by atoms with Gasteiger partial charge in [-0.2, -0.15) is 5.10 Å². The van der Waals surface area contributed by atoms with E-state index in [4.69, 9.17) is 0 Å². The number of fused-ring (bicyclic) bond motifs is 1. The molecule has 0 spiro atoms. The second-order valence-electron chi connectivity index (χ2n) is 5.66. The third-order valence-corrected chi connectivity index (χ3v) is 4.23. The Bertz CT molecular complexity index is 822. The highest BCUT2D eigenvalue weighted by Gasteiger charge is 2.31. The van der Waals surface area contributed by atoms with Crippen LogP contribution in [0.1, 0.15) is 29.1 Å². The number of carbonyl (C=O) groups excluding carboxylic acids is 1. The van der Waals surface area contributed by atoms with Crippen molar-refractivity contribution in [1.29, 1.82) is 0 Å². The van der Waals surface area contributed by atoms with Crippen LogP contribution in [0.5, 0.6) is 0 Å². The molecule has 6 nitrogen and oxygen atoms in total. The summed E-state index contributed by atoms with van der Waals surface area (Å²) in [5.41, 5.74) is 1.67. The third kappa shape index (κ3) is 2.32. The zero-order valence-electron chi connectivity index (χ0n) is 12.8.